The van der Waals surface area contributed by atoms with Crippen molar-refractivity contribution in [3.8, 4) is 0 Å². The third-order valence-electron chi connectivity index (χ3n) is 3.69. The van der Waals surface area contributed by atoms with Crippen molar-refractivity contribution in [1.29, 1.82) is 0 Å². The molecule has 0 aliphatic carbocycles. The molecular weight excluding hydrogens is 269 g/mol. The van der Waals surface area contributed by atoms with Crippen molar-refractivity contribution in [2.45, 2.75) is 37.4 Å². The van der Waals surface area contributed by atoms with Gasteiger partial charge in [-0.2, -0.15) is 4.98 Å². The molecule has 1 saturated heterocycles. The van der Waals surface area contributed by atoms with E-state index in [1.165, 1.54) is 6.20 Å². The maximum atomic E-state index is 14.0. The Labute approximate surface area is 114 Å². The number of ether oxygens (including phenoxy) is 1. The number of nitrogens with zero attached hydrogens (tertiary/aromatic N) is 2. The first kappa shape index (κ1) is 13.5. The highest BCUT2D eigenvalue weighted by atomic mass is 19.1. The van der Waals surface area contributed by atoms with Gasteiger partial charge in [-0.3, -0.25) is 4.57 Å². The molecule has 1 fully saturated rings. The van der Waals surface area contributed by atoms with Gasteiger partial charge in [-0.15, -0.1) is 0 Å². The van der Waals surface area contributed by atoms with Gasteiger partial charge in [0.05, 0.1) is 6.61 Å². The largest absolute Gasteiger partial charge is 0.394 e. The fraction of sp³-hybridized carbons (Fsp3) is 0.667. The summed E-state index contributed by atoms with van der Waals surface area (Å²) in [5.41, 5.74) is 0.171. The van der Waals surface area contributed by atoms with E-state index in [2.05, 4.69) is 10.3 Å². The monoisotopic (exact) mass is 285 g/mol. The molecule has 1 aromatic rings. The van der Waals surface area contributed by atoms with E-state index in [-0.39, 0.29) is 0 Å². The van der Waals surface area contributed by atoms with E-state index in [0.29, 0.717) is 5.82 Å². The van der Waals surface area contributed by atoms with Crippen LogP contribution in [0.1, 0.15) is 18.2 Å². The molecule has 7 nitrogen and oxygen atoms in total. The minimum atomic E-state index is -1.78. The van der Waals surface area contributed by atoms with Crippen molar-refractivity contribution < 1.29 is 19.3 Å². The second-order valence-corrected chi connectivity index (χ2v) is 5.02. The standard InChI is InChI=1S/C12H16FN3O4/c13-8-9(18)7(5-17)20-11(8)16-4-6-2-1-3-14-10(6)15-12(16)19/h4,7-9,11,17-18H,1-3,5H2,(H,14,15,19)/t7-,8?,9+,11-/m1/s1. The molecule has 1 unspecified atom stereocenters. The number of nitrogens with one attached hydrogen (secondary N) is 1. The normalized spacial score (nSPS) is 32.8. The van der Waals surface area contributed by atoms with Gasteiger partial charge in [0, 0.05) is 18.3 Å². The lowest BCUT2D eigenvalue weighted by molar-refractivity contribution is -0.0491. The lowest BCUT2D eigenvalue weighted by Crippen LogP contribution is -2.34. The fourth-order valence-electron chi connectivity index (χ4n) is 2.59. The summed E-state index contributed by atoms with van der Waals surface area (Å²) < 4.78 is 20.3. The lowest BCUT2D eigenvalue weighted by atomic mass is 10.1. The van der Waals surface area contributed by atoms with E-state index in [1.807, 2.05) is 0 Å². The van der Waals surface area contributed by atoms with Gasteiger partial charge in [-0.05, 0) is 12.8 Å². The first-order valence-corrected chi connectivity index (χ1v) is 6.56. The highest BCUT2D eigenvalue weighted by Gasteiger charge is 2.45. The van der Waals surface area contributed by atoms with Gasteiger partial charge in [-0.1, -0.05) is 0 Å². The van der Waals surface area contributed by atoms with Gasteiger partial charge in [0.2, 0.25) is 0 Å². The summed E-state index contributed by atoms with van der Waals surface area (Å²) in [5, 5.41) is 21.6. The Kier molecular flexibility index (Phi) is 3.45. The van der Waals surface area contributed by atoms with Gasteiger partial charge in [0.25, 0.3) is 0 Å². The van der Waals surface area contributed by atoms with Crippen molar-refractivity contribution in [3.63, 3.8) is 0 Å². The molecule has 0 spiro atoms. The highest BCUT2D eigenvalue weighted by molar-refractivity contribution is 5.44. The Hall–Kier alpha value is -1.51. The molecule has 3 rings (SSSR count). The molecule has 20 heavy (non-hydrogen) atoms. The summed E-state index contributed by atoms with van der Waals surface area (Å²) in [6.07, 6.45) is -2.36. The lowest BCUT2D eigenvalue weighted by Gasteiger charge is -2.21. The van der Waals surface area contributed by atoms with Crippen LogP contribution in [-0.4, -0.2) is 51.3 Å². The van der Waals surface area contributed by atoms with Crippen molar-refractivity contribution in [2.75, 3.05) is 18.5 Å². The SMILES string of the molecule is O=c1nc2c(cn1[C@@H]1O[C@H](CO)[C@H](O)C1F)CCCN2. The summed E-state index contributed by atoms with van der Waals surface area (Å²) in [4.78, 5) is 15.8. The van der Waals surface area contributed by atoms with Crippen LogP contribution in [-0.2, 0) is 11.2 Å². The molecule has 110 valence electrons. The van der Waals surface area contributed by atoms with Crippen LogP contribution >= 0.6 is 0 Å². The van der Waals surface area contributed by atoms with Crippen LogP contribution < -0.4 is 11.0 Å². The molecule has 8 heteroatoms. The van der Waals surface area contributed by atoms with Gasteiger partial charge < -0.3 is 20.3 Å². The topological polar surface area (TPSA) is 96.6 Å². The zero-order valence-electron chi connectivity index (χ0n) is 10.7. The number of alkyl halides is 1. The van der Waals surface area contributed by atoms with Gasteiger partial charge in [0.15, 0.2) is 12.4 Å². The quantitative estimate of drug-likeness (QED) is 0.657. The molecule has 3 N–H and O–H groups in total. The Morgan fingerprint density at radius 2 is 2.40 bits per heavy atom. The summed E-state index contributed by atoms with van der Waals surface area (Å²) in [5.74, 6) is 0.519. The van der Waals surface area contributed by atoms with Crippen molar-refractivity contribution in [3.05, 3.63) is 22.2 Å². The maximum absolute atomic E-state index is 14.0. The average molecular weight is 285 g/mol. The second kappa shape index (κ2) is 5.12. The first-order valence-electron chi connectivity index (χ1n) is 6.56. The number of aromatic nitrogens is 2. The number of rotatable bonds is 2. The van der Waals surface area contributed by atoms with E-state index in [0.717, 1.165) is 29.5 Å². The van der Waals surface area contributed by atoms with Crippen LogP contribution in [0.2, 0.25) is 0 Å². The molecule has 3 heterocycles. The van der Waals surface area contributed by atoms with E-state index in [4.69, 9.17) is 9.84 Å². The number of aliphatic hydroxyl groups is 2. The van der Waals surface area contributed by atoms with Gasteiger partial charge >= 0.3 is 5.69 Å². The molecule has 0 bridgehead atoms. The second-order valence-electron chi connectivity index (χ2n) is 5.02. The third-order valence-corrected chi connectivity index (χ3v) is 3.69. The van der Waals surface area contributed by atoms with Crippen molar-refractivity contribution in [1.82, 2.24) is 9.55 Å². The summed E-state index contributed by atoms with van der Waals surface area (Å²) >= 11 is 0. The minimum absolute atomic E-state index is 0.507. The molecular formula is C12H16FN3O4. The molecule has 4 atom stereocenters. The van der Waals surface area contributed by atoms with Gasteiger partial charge in [0.1, 0.15) is 18.0 Å². The van der Waals surface area contributed by atoms with Crippen molar-refractivity contribution in [2.24, 2.45) is 0 Å². The average Bonchev–Trinajstić information content (AvgIpc) is 2.74. The van der Waals surface area contributed by atoms with E-state index in [1.54, 1.807) is 0 Å². The number of anilines is 1. The number of hydrogen-bond donors (Lipinski definition) is 3. The van der Waals surface area contributed by atoms with Crippen molar-refractivity contribution >= 4 is 5.82 Å². The predicted molar refractivity (Wildman–Crippen MR) is 67.2 cm³/mol. The smallest absolute Gasteiger partial charge is 0.351 e. The Balaban J connectivity index is 1.96. The van der Waals surface area contributed by atoms with Crippen LogP contribution in [0.5, 0.6) is 0 Å². The highest BCUT2D eigenvalue weighted by Crippen LogP contribution is 2.31. The minimum Gasteiger partial charge on any atom is -0.394 e. The number of hydrogen-bond acceptors (Lipinski definition) is 6. The maximum Gasteiger partial charge on any atom is 0.351 e. The molecule has 2 aliphatic heterocycles. The number of aryl methyl sites for hydroxylation is 1. The Bertz CT molecular complexity index is 564. The summed E-state index contributed by atoms with van der Waals surface area (Å²) in [6.45, 7) is 0.243. The van der Waals surface area contributed by atoms with E-state index >= 15 is 0 Å². The zero-order valence-corrected chi connectivity index (χ0v) is 10.7. The molecule has 0 amide bonds. The van der Waals surface area contributed by atoms with Crippen LogP contribution in [0.15, 0.2) is 11.0 Å². The molecule has 2 aliphatic rings. The number of aliphatic hydroxyl groups excluding tert-OH is 2. The van der Waals surface area contributed by atoms with Crippen LogP contribution in [0.25, 0.3) is 0 Å². The van der Waals surface area contributed by atoms with Crippen LogP contribution in [0.3, 0.4) is 0 Å². The Morgan fingerprint density at radius 3 is 3.10 bits per heavy atom. The summed E-state index contributed by atoms with van der Waals surface area (Å²) in [7, 11) is 0. The van der Waals surface area contributed by atoms with E-state index < -0.39 is 36.9 Å². The predicted octanol–water partition coefficient (Wildman–Crippen LogP) is -0.810. The van der Waals surface area contributed by atoms with Crippen LogP contribution in [0.4, 0.5) is 10.2 Å². The Morgan fingerprint density at radius 1 is 1.60 bits per heavy atom. The van der Waals surface area contributed by atoms with Gasteiger partial charge in [-0.25, -0.2) is 9.18 Å². The fourth-order valence-corrected chi connectivity index (χ4v) is 2.59. The van der Waals surface area contributed by atoms with E-state index in [9.17, 15) is 14.3 Å². The zero-order chi connectivity index (χ0) is 14.3. The third kappa shape index (κ3) is 2.09. The first-order chi connectivity index (χ1) is 9.61. The summed E-state index contributed by atoms with van der Waals surface area (Å²) in [6, 6.07) is 0. The molecule has 0 radical (unpaired) electrons. The molecule has 0 saturated carbocycles. The van der Waals surface area contributed by atoms with Crippen LogP contribution in [0, 0.1) is 0 Å². The number of halogens is 1. The molecule has 1 aromatic heterocycles. The number of fused-ring (bicyclic) bond motifs is 1. The molecule has 0 aromatic carbocycles.